The molecule has 0 atom stereocenters. The highest BCUT2D eigenvalue weighted by atomic mass is 35.5. The van der Waals surface area contributed by atoms with Gasteiger partial charge in [-0.3, -0.25) is 4.79 Å². The van der Waals surface area contributed by atoms with Crippen molar-refractivity contribution in [1.29, 1.82) is 0 Å². The number of carbonyl (C=O) groups is 1. The van der Waals surface area contributed by atoms with Gasteiger partial charge in [-0.05, 0) is 18.2 Å². The standard InChI is InChI=1S/C10H7Cl2N3O/c11-6-5-7(14-9(6)12)10(16)15-8-3-1-2-4-13-8/h1-5,14H,(H,13,15,16). The average molecular weight is 256 g/mol. The van der Waals surface area contributed by atoms with Crippen molar-refractivity contribution < 1.29 is 4.79 Å². The quantitative estimate of drug-likeness (QED) is 0.867. The summed E-state index contributed by atoms with van der Waals surface area (Å²) in [5, 5.41) is 3.16. The molecule has 0 aliphatic carbocycles. The third-order valence-corrected chi connectivity index (χ3v) is 2.57. The Bertz CT molecular complexity index is 491. The van der Waals surface area contributed by atoms with Crippen LogP contribution in [0.25, 0.3) is 0 Å². The molecule has 6 heteroatoms. The number of rotatable bonds is 2. The van der Waals surface area contributed by atoms with Gasteiger partial charge >= 0.3 is 0 Å². The number of hydrogen-bond donors (Lipinski definition) is 2. The minimum Gasteiger partial charge on any atom is -0.340 e. The van der Waals surface area contributed by atoms with E-state index in [9.17, 15) is 4.79 Å². The Morgan fingerprint density at radius 2 is 2.19 bits per heavy atom. The van der Waals surface area contributed by atoms with Crippen molar-refractivity contribution >= 4 is 34.9 Å². The van der Waals surface area contributed by atoms with Crippen LogP contribution in [0.4, 0.5) is 5.82 Å². The van der Waals surface area contributed by atoms with E-state index in [1.165, 1.54) is 6.07 Å². The fourth-order valence-electron chi connectivity index (χ4n) is 1.15. The topological polar surface area (TPSA) is 57.8 Å². The van der Waals surface area contributed by atoms with Crippen LogP contribution in [0.15, 0.2) is 30.5 Å². The Morgan fingerprint density at radius 3 is 2.75 bits per heavy atom. The van der Waals surface area contributed by atoms with Crippen LogP contribution in [0.3, 0.4) is 0 Å². The van der Waals surface area contributed by atoms with Crippen LogP contribution in [0, 0.1) is 0 Å². The fraction of sp³-hybridized carbons (Fsp3) is 0. The lowest BCUT2D eigenvalue weighted by molar-refractivity contribution is 0.102. The highest BCUT2D eigenvalue weighted by Gasteiger charge is 2.11. The number of hydrogen-bond acceptors (Lipinski definition) is 2. The Hall–Kier alpha value is -1.52. The second-order valence-electron chi connectivity index (χ2n) is 3.01. The highest BCUT2D eigenvalue weighted by molar-refractivity contribution is 6.41. The third-order valence-electron chi connectivity index (χ3n) is 1.88. The molecule has 2 rings (SSSR count). The lowest BCUT2D eigenvalue weighted by Gasteiger charge is -2.01. The molecule has 0 saturated carbocycles. The summed E-state index contributed by atoms with van der Waals surface area (Å²) in [5.74, 6) is 0.127. The van der Waals surface area contributed by atoms with Crippen molar-refractivity contribution in [1.82, 2.24) is 9.97 Å². The van der Waals surface area contributed by atoms with Crippen LogP contribution >= 0.6 is 23.2 Å². The molecule has 2 aromatic heterocycles. The molecule has 82 valence electrons. The zero-order chi connectivity index (χ0) is 11.5. The molecule has 0 bridgehead atoms. The van der Waals surface area contributed by atoms with Crippen molar-refractivity contribution in [3.05, 3.63) is 46.3 Å². The summed E-state index contributed by atoms with van der Waals surface area (Å²) in [7, 11) is 0. The zero-order valence-corrected chi connectivity index (χ0v) is 9.51. The van der Waals surface area contributed by atoms with Crippen molar-refractivity contribution in [2.45, 2.75) is 0 Å². The molecular weight excluding hydrogens is 249 g/mol. The molecule has 2 heterocycles. The van der Waals surface area contributed by atoms with E-state index in [1.54, 1.807) is 24.4 Å². The predicted molar refractivity (Wildman–Crippen MR) is 63.0 cm³/mol. The highest BCUT2D eigenvalue weighted by Crippen LogP contribution is 2.22. The molecule has 0 aliphatic heterocycles. The largest absolute Gasteiger partial charge is 0.340 e. The van der Waals surface area contributed by atoms with Crippen LogP contribution in [-0.2, 0) is 0 Å². The molecule has 2 N–H and O–H groups in total. The van der Waals surface area contributed by atoms with Crippen LogP contribution in [0.1, 0.15) is 10.5 Å². The summed E-state index contributed by atoms with van der Waals surface area (Å²) in [6.45, 7) is 0. The van der Waals surface area contributed by atoms with E-state index in [0.29, 0.717) is 16.5 Å². The number of aromatic nitrogens is 2. The van der Waals surface area contributed by atoms with Crippen molar-refractivity contribution in [3.63, 3.8) is 0 Å². The summed E-state index contributed by atoms with van der Waals surface area (Å²) >= 11 is 11.4. The monoisotopic (exact) mass is 255 g/mol. The number of nitrogens with zero attached hydrogens (tertiary/aromatic N) is 1. The molecule has 0 aliphatic rings. The number of H-pyrrole nitrogens is 1. The van der Waals surface area contributed by atoms with Gasteiger partial charge in [-0.1, -0.05) is 29.3 Å². The molecule has 0 aromatic carbocycles. The maximum Gasteiger partial charge on any atom is 0.273 e. The number of nitrogens with one attached hydrogen (secondary N) is 2. The van der Waals surface area contributed by atoms with Gasteiger partial charge in [0.05, 0.1) is 5.02 Å². The Labute approximate surface area is 102 Å². The van der Waals surface area contributed by atoms with Gasteiger partial charge in [0.25, 0.3) is 5.91 Å². The summed E-state index contributed by atoms with van der Waals surface area (Å²) in [6.07, 6.45) is 1.59. The van der Waals surface area contributed by atoms with Gasteiger partial charge < -0.3 is 10.3 Å². The van der Waals surface area contributed by atoms with E-state index in [4.69, 9.17) is 23.2 Å². The van der Waals surface area contributed by atoms with E-state index >= 15 is 0 Å². The first-order valence-electron chi connectivity index (χ1n) is 4.43. The van der Waals surface area contributed by atoms with Gasteiger partial charge in [0.1, 0.15) is 16.7 Å². The molecule has 0 fully saturated rings. The van der Waals surface area contributed by atoms with Gasteiger partial charge in [0, 0.05) is 6.20 Å². The first kappa shape index (κ1) is 11.0. The molecule has 4 nitrogen and oxygen atoms in total. The van der Waals surface area contributed by atoms with Gasteiger partial charge in [0.15, 0.2) is 0 Å². The number of carbonyl (C=O) groups excluding carboxylic acids is 1. The second kappa shape index (κ2) is 4.55. The maximum absolute atomic E-state index is 11.7. The Balaban J connectivity index is 2.15. The van der Waals surface area contributed by atoms with E-state index < -0.39 is 0 Å². The Kier molecular flexibility index (Phi) is 3.12. The fourth-order valence-corrected chi connectivity index (χ4v) is 1.46. The van der Waals surface area contributed by atoms with Crippen molar-refractivity contribution in [2.24, 2.45) is 0 Å². The SMILES string of the molecule is O=C(Nc1ccccn1)c1cc(Cl)c(Cl)[nH]1. The molecule has 2 aromatic rings. The minimum absolute atomic E-state index is 0.243. The van der Waals surface area contributed by atoms with Gasteiger partial charge in [0.2, 0.25) is 0 Å². The zero-order valence-electron chi connectivity index (χ0n) is 8.00. The van der Waals surface area contributed by atoms with Gasteiger partial charge in [-0.25, -0.2) is 4.98 Å². The van der Waals surface area contributed by atoms with Crippen LogP contribution in [0.5, 0.6) is 0 Å². The van der Waals surface area contributed by atoms with Crippen LogP contribution < -0.4 is 5.32 Å². The van der Waals surface area contributed by atoms with Crippen molar-refractivity contribution in [2.75, 3.05) is 5.32 Å². The predicted octanol–water partition coefficient (Wildman–Crippen LogP) is 2.97. The van der Waals surface area contributed by atoms with Crippen LogP contribution in [0.2, 0.25) is 10.2 Å². The molecular formula is C10H7Cl2N3O. The molecule has 0 spiro atoms. The average Bonchev–Trinajstić information content (AvgIpc) is 2.61. The molecule has 1 amide bonds. The van der Waals surface area contributed by atoms with E-state index in [0.717, 1.165) is 0 Å². The smallest absolute Gasteiger partial charge is 0.273 e. The maximum atomic E-state index is 11.7. The lowest BCUT2D eigenvalue weighted by Crippen LogP contribution is -2.12. The first-order valence-corrected chi connectivity index (χ1v) is 5.19. The first-order chi connectivity index (χ1) is 7.66. The molecule has 0 saturated heterocycles. The number of aromatic amines is 1. The minimum atomic E-state index is -0.340. The summed E-state index contributed by atoms with van der Waals surface area (Å²) in [6, 6.07) is 6.68. The van der Waals surface area contributed by atoms with E-state index in [-0.39, 0.29) is 11.1 Å². The number of pyridine rings is 1. The van der Waals surface area contributed by atoms with Crippen molar-refractivity contribution in [3.8, 4) is 0 Å². The molecule has 0 unspecified atom stereocenters. The number of halogens is 2. The third kappa shape index (κ3) is 2.35. The Morgan fingerprint density at radius 1 is 1.38 bits per heavy atom. The molecule has 0 radical (unpaired) electrons. The van der Waals surface area contributed by atoms with Crippen LogP contribution in [-0.4, -0.2) is 15.9 Å². The summed E-state index contributed by atoms with van der Waals surface area (Å²) < 4.78 is 0. The van der Waals surface area contributed by atoms with Gasteiger partial charge in [-0.2, -0.15) is 0 Å². The van der Waals surface area contributed by atoms with E-state index in [1.807, 2.05) is 0 Å². The summed E-state index contributed by atoms with van der Waals surface area (Å²) in [5.41, 5.74) is 0.292. The lowest BCUT2D eigenvalue weighted by atomic mass is 10.4. The normalized spacial score (nSPS) is 10.1. The second-order valence-corrected chi connectivity index (χ2v) is 3.80. The van der Waals surface area contributed by atoms with Gasteiger partial charge in [-0.15, -0.1) is 0 Å². The van der Waals surface area contributed by atoms with E-state index in [2.05, 4.69) is 15.3 Å². The molecule has 16 heavy (non-hydrogen) atoms. The number of amides is 1. The number of anilines is 1. The summed E-state index contributed by atoms with van der Waals surface area (Å²) in [4.78, 5) is 18.3.